The number of carbonyl (C=O) groups excluding carboxylic acids is 1. The predicted octanol–water partition coefficient (Wildman–Crippen LogP) is 0.525. The van der Waals surface area contributed by atoms with Crippen molar-refractivity contribution in [3.8, 4) is 11.8 Å². The van der Waals surface area contributed by atoms with E-state index in [4.69, 9.17) is 16.7 Å². The fourth-order valence-electron chi connectivity index (χ4n) is 1.38. The molecule has 0 aliphatic carbocycles. The van der Waals surface area contributed by atoms with Crippen molar-refractivity contribution in [2.24, 2.45) is 0 Å². The SMILES string of the molecule is CCOC(=O)CNS(=O)(=O)c1ccc(C#CCO)cc1Cl. The first-order chi connectivity index (χ1) is 9.90. The Balaban J connectivity index is 2.91. The zero-order valence-electron chi connectivity index (χ0n) is 11.2. The number of aliphatic hydroxyl groups is 1. The smallest absolute Gasteiger partial charge is 0.321 e. The summed E-state index contributed by atoms with van der Waals surface area (Å²) in [7, 11) is -3.92. The van der Waals surface area contributed by atoms with Crippen LogP contribution in [0.3, 0.4) is 0 Å². The van der Waals surface area contributed by atoms with E-state index in [1.807, 2.05) is 0 Å². The van der Waals surface area contributed by atoms with Gasteiger partial charge < -0.3 is 9.84 Å². The maximum absolute atomic E-state index is 12.0. The number of aliphatic hydroxyl groups excluding tert-OH is 1. The molecular weight excluding hydrogens is 318 g/mol. The van der Waals surface area contributed by atoms with Gasteiger partial charge in [-0.2, -0.15) is 4.72 Å². The minimum atomic E-state index is -3.92. The summed E-state index contributed by atoms with van der Waals surface area (Å²) in [6.07, 6.45) is 0. The van der Waals surface area contributed by atoms with Crippen LogP contribution >= 0.6 is 11.6 Å². The van der Waals surface area contributed by atoms with E-state index in [0.717, 1.165) is 0 Å². The summed E-state index contributed by atoms with van der Waals surface area (Å²) in [5, 5.41) is 8.56. The van der Waals surface area contributed by atoms with Gasteiger partial charge in [0.25, 0.3) is 0 Å². The van der Waals surface area contributed by atoms with E-state index in [-0.39, 0.29) is 23.1 Å². The molecule has 0 amide bonds. The maximum Gasteiger partial charge on any atom is 0.321 e. The molecule has 0 heterocycles. The Morgan fingerprint density at radius 2 is 2.19 bits per heavy atom. The van der Waals surface area contributed by atoms with Crippen molar-refractivity contribution >= 4 is 27.6 Å². The van der Waals surface area contributed by atoms with Gasteiger partial charge in [0.1, 0.15) is 18.0 Å². The van der Waals surface area contributed by atoms with Gasteiger partial charge in [-0.25, -0.2) is 8.42 Å². The number of sulfonamides is 1. The quantitative estimate of drug-likeness (QED) is 0.606. The summed E-state index contributed by atoms with van der Waals surface area (Å²) in [6, 6.07) is 4.09. The number of rotatable bonds is 5. The van der Waals surface area contributed by atoms with Gasteiger partial charge >= 0.3 is 5.97 Å². The Morgan fingerprint density at radius 3 is 2.76 bits per heavy atom. The molecule has 0 atom stereocenters. The third-order valence-electron chi connectivity index (χ3n) is 2.25. The number of carbonyl (C=O) groups is 1. The molecule has 0 aromatic heterocycles. The monoisotopic (exact) mass is 331 g/mol. The highest BCUT2D eigenvalue weighted by Gasteiger charge is 2.19. The number of benzene rings is 1. The van der Waals surface area contributed by atoms with Gasteiger partial charge in [-0.15, -0.1) is 0 Å². The molecule has 0 aliphatic heterocycles. The van der Waals surface area contributed by atoms with E-state index >= 15 is 0 Å². The number of hydrogen-bond donors (Lipinski definition) is 2. The number of nitrogens with one attached hydrogen (secondary N) is 1. The molecule has 0 bridgehead atoms. The van der Waals surface area contributed by atoms with E-state index < -0.39 is 22.5 Å². The van der Waals surface area contributed by atoms with Crippen molar-refractivity contribution in [2.75, 3.05) is 19.8 Å². The van der Waals surface area contributed by atoms with Crippen LogP contribution in [0.4, 0.5) is 0 Å². The molecule has 21 heavy (non-hydrogen) atoms. The Kier molecular flexibility index (Phi) is 6.65. The molecule has 0 fully saturated rings. The Labute approximate surface area is 128 Å². The summed E-state index contributed by atoms with van der Waals surface area (Å²) >= 11 is 5.90. The summed E-state index contributed by atoms with van der Waals surface area (Å²) in [6.45, 7) is 1.01. The van der Waals surface area contributed by atoms with Crippen LogP contribution in [0.1, 0.15) is 12.5 Å². The lowest BCUT2D eigenvalue weighted by Crippen LogP contribution is -2.30. The van der Waals surface area contributed by atoms with Crippen LogP contribution in [-0.2, 0) is 19.6 Å². The van der Waals surface area contributed by atoms with E-state index in [2.05, 4.69) is 21.3 Å². The standard InChI is InChI=1S/C13H14ClNO5S/c1-2-20-13(17)9-15-21(18,19)12-6-5-10(4-3-7-16)8-11(12)14/h5-6,8,15-16H,2,7,9H2,1H3. The topological polar surface area (TPSA) is 92.7 Å². The second kappa shape index (κ2) is 8.00. The lowest BCUT2D eigenvalue weighted by Gasteiger charge is -2.08. The molecule has 0 saturated carbocycles. The third kappa shape index (κ3) is 5.36. The first-order valence-corrected chi connectivity index (χ1v) is 7.81. The van der Waals surface area contributed by atoms with Crippen LogP contribution < -0.4 is 4.72 Å². The van der Waals surface area contributed by atoms with Crippen molar-refractivity contribution in [2.45, 2.75) is 11.8 Å². The largest absolute Gasteiger partial charge is 0.465 e. The molecule has 0 spiro atoms. The average molecular weight is 332 g/mol. The minimum Gasteiger partial charge on any atom is -0.465 e. The molecule has 0 unspecified atom stereocenters. The summed E-state index contributed by atoms with van der Waals surface area (Å²) in [5.41, 5.74) is 0.471. The zero-order valence-corrected chi connectivity index (χ0v) is 12.8. The molecule has 0 aliphatic rings. The van der Waals surface area contributed by atoms with Crippen LogP contribution in [-0.4, -0.2) is 39.3 Å². The molecule has 8 heteroatoms. The number of ether oxygens (including phenoxy) is 1. The zero-order chi connectivity index (χ0) is 15.9. The molecule has 0 saturated heterocycles. The molecule has 1 aromatic carbocycles. The number of hydrogen-bond acceptors (Lipinski definition) is 5. The van der Waals surface area contributed by atoms with Crippen LogP contribution in [0.2, 0.25) is 5.02 Å². The maximum atomic E-state index is 12.0. The van der Waals surface area contributed by atoms with Crippen LogP contribution in [0.25, 0.3) is 0 Å². The Morgan fingerprint density at radius 1 is 1.48 bits per heavy atom. The average Bonchev–Trinajstić information content (AvgIpc) is 2.43. The second-order valence-corrected chi connectivity index (χ2v) is 5.88. The van der Waals surface area contributed by atoms with Crippen molar-refractivity contribution < 1.29 is 23.1 Å². The Hall–Kier alpha value is -1.59. The normalized spacial score (nSPS) is 10.6. The molecule has 2 N–H and O–H groups in total. The van der Waals surface area contributed by atoms with E-state index in [0.29, 0.717) is 5.56 Å². The molecule has 6 nitrogen and oxygen atoms in total. The highest BCUT2D eigenvalue weighted by molar-refractivity contribution is 7.89. The molecule has 1 aromatic rings. The molecular formula is C13H14ClNO5S. The molecule has 114 valence electrons. The van der Waals surface area contributed by atoms with Gasteiger partial charge in [0, 0.05) is 5.56 Å². The van der Waals surface area contributed by atoms with E-state index in [1.54, 1.807) is 6.92 Å². The van der Waals surface area contributed by atoms with Crippen molar-refractivity contribution in [1.82, 2.24) is 4.72 Å². The van der Waals surface area contributed by atoms with Gasteiger partial charge in [0.05, 0.1) is 11.6 Å². The van der Waals surface area contributed by atoms with Gasteiger partial charge in [0.15, 0.2) is 0 Å². The number of halogens is 1. The summed E-state index contributed by atoms with van der Waals surface area (Å²) in [4.78, 5) is 11.0. The predicted molar refractivity (Wildman–Crippen MR) is 77.2 cm³/mol. The van der Waals surface area contributed by atoms with E-state index in [9.17, 15) is 13.2 Å². The third-order valence-corrected chi connectivity index (χ3v) is 4.13. The summed E-state index contributed by atoms with van der Waals surface area (Å²) in [5.74, 6) is 4.35. The number of esters is 1. The fourth-order valence-corrected chi connectivity index (χ4v) is 2.89. The Bertz CT molecular complexity index is 676. The fraction of sp³-hybridized carbons (Fsp3) is 0.308. The molecule has 0 radical (unpaired) electrons. The summed E-state index contributed by atoms with van der Waals surface area (Å²) < 4.78 is 30.7. The van der Waals surface area contributed by atoms with Gasteiger partial charge in [0.2, 0.25) is 10.0 Å². The first-order valence-electron chi connectivity index (χ1n) is 5.95. The lowest BCUT2D eigenvalue weighted by atomic mass is 10.2. The van der Waals surface area contributed by atoms with Crippen molar-refractivity contribution in [3.63, 3.8) is 0 Å². The lowest BCUT2D eigenvalue weighted by molar-refractivity contribution is -0.141. The first kappa shape index (κ1) is 17.5. The van der Waals surface area contributed by atoms with Crippen LogP contribution in [0.15, 0.2) is 23.1 Å². The second-order valence-electron chi connectivity index (χ2n) is 3.73. The molecule has 1 rings (SSSR count). The highest BCUT2D eigenvalue weighted by atomic mass is 35.5. The van der Waals surface area contributed by atoms with Crippen LogP contribution in [0, 0.1) is 11.8 Å². The van der Waals surface area contributed by atoms with Gasteiger partial charge in [-0.05, 0) is 25.1 Å². The van der Waals surface area contributed by atoms with Crippen LogP contribution in [0.5, 0.6) is 0 Å². The van der Waals surface area contributed by atoms with Gasteiger partial charge in [-0.1, -0.05) is 23.4 Å². The minimum absolute atomic E-state index is 0.0314. The van der Waals surface area contributed by atoms with Crippen molar-refractivity contribution in [1.29, 1.82) is 0 Å². The van der Waals surface area contributed by atoms with Gasteiger partial charge in [-0.3, -0.25) is 4.79 Å². The van der Waals surface area contributed by atoms with Crippen molar-refractivity contribution in [3.05, 3.63) is 28.8 Å². The van der Waals surface area contributed by atoms with E-state index in [1.165, 1.54) is 18.2 Å². The highest BCUT2D eigenvalue weighted by Crippen LogP contribution is 2.22.